The van der Waals surface area contributed by atoms with Gasteiger partial charge in [-0.3, -0.25) is 4.79 Å². The monoisotopic (exact) mass is 268 g/mol. The third-order valence-corrected chi connectivity index (χ3v) is 3.95. The highest BCUT2D eigenvalue weighted by atomic mass is 19.1. The quantitative estimate of drug-likeness (QED) is 0.771. The van der Waals surface area contributed by atoms with Crippen LogP contribution in [0.3, 0.4) is 0 Å². The van der Waals surface area contributed by atoms with Gasteiger partial charge in [-0.2, -0.15) is 5.26 Å². The Kier molecular flexibility index (Phi) is 4.72. The molecule has 6 heteroatoms. The second-order valence-corrected chi connectivity index (χ2v) is 5.46. The van der Waals surface area contributed by atoms with Crippen molar-refractivity contribution in [2.45, 2.75) is 56.4 Å². The molecular weight excluding hydrogens is 247 g/mol. The Morgan fingerprint density at radius 2 is 2.37 bits per heavy atom. The molecule has 0 bridgehead atoms. The summed E-state index contributed by atoms with van der Waals surface area (Å²) in [5, 5.41) is 12.3. The van der Waals surface area contributed by atoms with Gasteiger partial charge in [0.2, 0.25) is 5.91 Å². The number of nitrogens with two attached hydrogens (primary N) is 1. The second kappa shape index (κ2) is 6.31. The molecule has 1 amide bonds. The number of rotatable bonds is 3. The van der Waals surface area contributed by atoms with E-state index in [1.54, 1.807) is 0 Å². The van der Waals surface area contributed by atoms with Gasteiger partial charge in [0.15, 0.2) is 0 Å². The fourth-order valence-corrected chi connectivity index (χ4v) is 2.90. The lowest BCUT2D eigenvalue weighted by Crippen LogP contribution is -2.49. The van der Waals surface area contributed by atoms with Crippen molar-refractivity contribution in [3.8, 4) is 6.07 Å². The molecular formula is C13H21FN4O. The van der Waals surface area contributed by atoms with E-state index in [4.69, 9.17) is 11.0 Å². The molecule has 0 aromatic heterocycles. The number of nitrogens with one attached hydrogen (secondary N) is 1. The summed E-state index contributed by atoms with van der Waals surface area (Å²) < 4.78 is 13.3. The van der Waals surface area contributed by atoms with E-state index in [-0.39, 0.29) is 24.9 Å². The van der Waals surface area contributed by atoms with Crippen molar-refractivity contribution >= 4 is 5.91 Å². The molecule has 0 radical (unpaired) electrons. The summed E-state index contributed by atoms with van der Waals surface area (Å²) in [6.07, 6.45) is 2.89. The molecule has 2 unspecified atom stereocenters. The van der Waals surface area contributed by atoms with Gasteiger partial charge < -0.3 is 16.0 Å². The van der Waals surface area contributed by atoms with E-state index in [1.165, 1.54) is 4.90 Å². The summed E-state index contributed by atoms with van der Waals surface area (Å²) in [6.45, 7) is 0.964. The van der Waals surface area contributed by atoms with Crippen LogP contribution in [-0.2, 0) is 4.79 Å². The summed E-state index contributed by atoms with van der Waals surface area (Å²) in [7, 11) is 0. The van der Waals surface area contributed by atoms with Crippen LogP contribution in [0.4, 0.5) is 4.39 Å². The summed E-state index contributed by atoms with van der Waals surface area (Å²) in [5.41, 5.74) is 5.93. The highest BCUT2D eigenvalue weighted by molar-refractivity contribution is 5.82. The van der Waals surface area contributed by atoms with E-state index in [0.717, 1.165) is 25.8 Å². The van der Waals surface area contributed by atoms with Gasteiger partial charge in [-0.15, -0.1) is 0 Å². The number of nitriles is 1. The first-order chi connectivity index (χ1) is 9.11. The van der Waals surface area contributed by atoms with Crippen molar-refractivity contribution in [3.05, 3.63) is 0 Å². The minimum absolute atomic E-state index is 0.00283. The van der Waals surface area contributed by atoms with Crippen LogP contribution in [-0.4, -0.2) is 48.2 Å². The van der Waals surface area contributed by atoms with Crippen LogP contribution >= 0.6 is 0 Å². The van der Waals surface area contributed by atoms with Gasteiger partial charge in [0.1, 0.15) is 12.2 Å². The van der Waals surface area contributed by atoms with E-state index < -0.39 is 18.3 Å². The third kappa shape index (κ3) is 3.43. The largest absolute Gasteiger partial charge is 0.322 e. The van der Waals surface area contributed by atoms with E-state index in [1.807, 2.05) is 6.07 Å². The number of alkyl halides is 1. The van der Waals surface area contributed by atoms with Crippen LogP contribution < -0.4 is 11.1 Å². The smallest absolute Gasteiger partial charge is 0.240 e. The number of amides is 1. The zero-order valence-corrected chi connectivity index (χ0v) is 11.0. The lowest BCUT2D eigenvalue weighted by Gasteiger charge is -2.28. The Hall–Kier alpha value is -1.19. The van der Waals surface area contributed by atoms with Crippen LogP contribution in [0.2, 0.25) is 0 Å². The van der Waals surface area contributed by atoms with Crippen LogP contribution in [0.1, 0.15) is 32.1 Å². The summed E-state index contributed by atoms with van der Waals surface area (Å²) in [4.78, 5) is 13.5. The highest BCUT2D eigenvalue weighted by Gasteiger charge is 2.37. The Bertz CT molecular complexity index is 364. The fraction of sp³-hybridized carbons (Fsp3) is 0.846. The average molecular weight is 268 g/mol. The number of carbonyl (C=O) groups excluding carboxylic acids is 1. The van der Waals surface area contributed by atoms with Crippen molar-refractivity contribution in [1.29, 1.82) is 5.26 Å². The molecule has 19 heavy (non-hydrogen) atoms. The SMILES string of the molecule is N#C[C@@H]1C[C@H](F)CN1C(=O)C(N)CC1CCCCN1. The van der Waals surface area contributed by atoms with Crippen molar-refractivity contribution in [3.63, 3.8) is 0 Å². The Morgan fingerprint density at radius 1 is 1.58 bits per heavy atom. The predicted molar refractivity (Wildman–Crippen MR) is 68.9 cm³/mol. The van der Waals surface area contributed by atoms with Crippen LogP contribution in [0, 0.1) is 11.3 Å². The molecule has 106 valence electrons. The normalized spacial score (nSPS) is 32.9. The van der Waals surface area contributed by atoms with Crippen molar-refractivity contribution in [2.75, 3.05) is 13.1 Å². The molecule has 0 aromatic rings. The Balaban J connectivity index is 1.89. The van der Waals surface area contributed by atoms with Crippen molar-refractivity contribution in [1.82, 2.24) is 10.2 Å². The first kappa shape index (κ1) is 14.2. The number of likely N-dealkylation sites (tertiary alicyclic amines) is 1. The minimum Gasteiger partial charge on any atom is -0.322 e. The number of halogens is 1. The van der Waals surface area contributed by atoms with Gasteiger partial charge in [-0.05, 0) is 25.8 Å². The third-order valence-electron chi connectivity index (χ3n) is 3.95. The number of carbonyl (C=O) groups is 1. The summed E-state index contributed by atoms with van der Waals surface area (Å²) in [5.74, 6) is -0.293. The number of piperidine rings is 1. The fourth-order valence-electron chi connectivity index (χ4n) is 2.90. The molecule has 2 heterocycles. The van der Waals surface area contributed by atoms with Gasteiger partial charge in [0.25, 0.3) is 0 Å². The van der Waals surface area contributed by atoms with Gasteiger partial charge in [-0.25, -0.2) is 4.39 Å². The molecule has 3 N–H and O–H groups in total. The standard InChI is InChI=1S/C13H21FN4O/c14-9-5-11(7-15)18(8-9)13(19)12(16)6-10-3-1-2-4-17-10/h9-12,17H,1-6,8,16H2/t9-,10?,11-,12?/m0/s1. The van der Waals surface area contributed by atoms with Gasteiger partial charge in [0, 0.05) is 12.5 Å². The van der Waals surface area contributed by atoms with Crippen LogP contribution in [0.25, 0.3) is 0 Å². The molecule has 2 fully saturated rings. The zero-order chi connectivity index (χ0) is 13.8. The molecule has 4 atom stereocenters. The maximum Gasteiger partial charge on any atom is 0.240 e. The van der Waals surface area contributed by atoms with E-state index in [2.05, 4.69) is 5.32 Å². The minimum atomic E-state index is -1.10. The van der Waals surface area contributed by atoms with Gasteiger partial charge >= 0.3 is 0 Å². The zero-order valence-electron chi connectivity index (χ0n) is 11.0. The molecule has 2 aliphatic rings. The van der Waals surface area contributed by atoms with Gasteiger partial charge in [-0.1, -0.05) is 6.42 Å². The highest BCUT2D eigenvalue weighted by Crippen LogP contribution is 2.21. The van der Waals surface area contributed by atoms with Crippen LogP contribution in [0.15, 0.2) is 0 Å². The molecule has 5 nitrogen and oxygen atoms in total. The molecule has 0 aromatic carbocycles. The first-order valence-corrected chi connectivity index (χ1v) is 6.95. The molecule has 2 saturated heterocycles. The molecule has 0 spiro atoms. The lowest BCUT2D eigenvalue weighted by atomic mass is 9.98. The van der Waals surface area contributed by atoms with Crippen molar-refractivity contribution < 1.29 is 9.18 Å². The summed E-state index contributed by atoms with van der Waals surface area (Å²) >= 11 is 0. The number of nitrogens with zero attached hydrogens (tertiary/aromatic N) is 2. The Labute approximate surface area is 112 Å². The first-order valence-electron chi connectivity index (χ1n) is 6.95. The molecule has 0 saturated carbocycles. The molecule has 2 rings (SSSR count). The predicted octanol–water partition coefficient (Wildman–Crippen LogP) is 0.308. The number of hydrogen-bond donors (Lipinski definition) is 2. The second-order valence-electron chi connectivity index (χ2n) is 5.46. The van der Waals surface area contributed by atoms with E-state index >= 15 is 0 Å². The van der Waals surface area contributed by atoms with Crippen molar-refractivity contribution in [2.24, 2.45) is 5.73 Å². The molecule has 2 aliphatic heterocycles. The average Bonchev–Trinajstić information content (AvgIpc) is 2.80. The van der Waals surface area contributed by atoms with E-state index in [9.17, 15) is 9.18 Å². The maximum atomic E-state index is 13.3. The van der Waals surface area contributed by atoms with Gasteiger partial charge in [0.05, 0.1) is 18.7 Å². The summed E-state index contributed by atoms with van der Waals surface area (Å²) in [6, 6.07) is 0.938. The topological polar surface area (TPSA) is 82.2 Å². The lowest BCUT2D eigenvalue weighted by molar-refractivity contribution is -0.133. The van der Waals surface area contributed by atoms with Crippen LogP contribution in [0.5, 0.6) is 0 Å². The maximum absolute atomic E-state index is 13.3. The Morgan fingerprint density at radius 3 is 3.00 bits per heavy atom. The molecule has 0 aliphatic carbocycles. The number of hydrogen-bond acceptors (Lipinski definition) is 4. The van der Waals surface area contributed by atoms with E-state index in [0.29, 0.717) is 6.42 Å².